The van der Waals surface area contributed by atoms with E-state index in [9.17, 15) is 9.59 Å². The summed E-state index contributed by atoms with van der Waals surface area (Å²) in [6, 6.07) is 12.2. The Morgan fingerprint density at radius 1 is 1.04 bits per heavy atom. The van der Waals surface area contributed by atoms with E-state index in [-0.39, 0.29) is 11.3 Å². The Morgan fingerprint density at radius 2 is 1.78 bits per heavy atom. The zero-order valence-electron chi connectivity index (χ0n) is 14.5. The Morgan fingerprint density at radius 3 is 2.59 bits per heavy atom. The van der Waals surface area contributed by atoms with Gasteiger partial charge in [-0.1, -0.05) is 18.2 Å². The smallest absolute Gasteiger partial charge is 0.276 e. The van der Waals surface area contributed by atoms with Crippen molar-refractivity contribution in [2.75, 3.05) is 5.32 Å². The van der Waals surface area contributed by atoms with Crippen LogP contribution in [0.4, 0.5) is 5.69 Å². The second kappa shape index (κ2) is 5.84. The summed E-state index contributed by atoms with van der Waals surface area (Å²) in [5, 5.41) is 10.0. The minimum Gasteiger partial charge on any atom is -0.448 e. The summed E-state index contributed by atoms with van der Waals surface area (Å²) in [7, 11) is 0. The number of aromatic amines is 1. The van der Waals surface area contributed by atoms with E-state index < -0.39 is 11.7 Å². The van der Waals surface area contributed by atoms with Crippen LogP contribution in [0.15, 0.2) is 47.3 Å². The SMILES string of the molecule is O=C(Nc1ccc2c(c1)OC1(CCCC1)O2)c1n[nH]c(=O)c2ccccc12. The molecule has 0 radical (unpaired) electrons. The highest BCUT2D eigenvalue weighted by molar-refractivity contribution is 6.11. The molecule has 2 N–H and O–H groups in total. The first kappa shape index (κ1) is 15.9. The molecular weight excluding hydrogens is 346 g/mol. The molecule has 1 spiro atoms. The van der Waals surface area contributed by atoms with Crippen LogP contribution in [0.5, 0.6) is 11.5 Å². The van der Waals surface area contributed by atoms with E-state index in [4.69, 9.17) is 9.47 Å². The Hall–Kier alpha value is -3.35. The molecule has 0 atom stereocenters. The minimum absolute atomic E-state index is 0.162. The third-order valence-corrected chi connectivity index (χ3v) is 5.07. The molecule has 1 aromatic heterocycles. The summed E-state index contributed by atoms with van der Waals surface area (Å²) in [6.07, 6.45) is 3.92. The Bertz CT molecular complexity index is 1120. The first-order valence-electron chi connectivity index (χ1n) is 8.94. The second-order valence-electron chi connectivity index (χ2n) is 6.88. The van der Waals surface area contributed by atoms with Crippen molar-refractivity contribution in [1.29, 1.82) is 0 Å². The van der Waals surface area contributed by atoms with E-state index in [1.54, 1.807) is 42.5 Å². The van der Waals surface area contributed by atoms with Gasteiger partial charge < -0.3 is 14.8 Å². The molecule has 136 valence electrons. The van der Waals surface area contributed by atoms with Crippen LogP contribution in [0.25, 0.3) is 10.8 Å². The van der Waals surface area contributed by atoms with Gasteiger partial charge in [0.25, 0.3) is 17.3 Å². The zero-order valence-corrected chi connectivity index (χ0v) is 14.5. The van der Waals surface area contributed by atoms with Gasteiger partial charge in [-0.05, 0) is 31.0 Å². The van der Waals surface area contributed by atoms with Crippen LogP contribution in [0, 0.1) is 0 Å². The van der Waals surface area contributed by atoms with Crippen molar-refractivity contribution in [2.45, 2.75) is 31.5 Å². The molecular formula is C20H17N3O4. The number of hydrogen-bond donors (Lipinski definition) is 2. The number of hydrogen-bond acceptors (Lipinski definition) is 5. The highest BCUT2D eigenvalue weighted by Gasteiger charge is 2.44. The summed E-state index contributed by atoms with van der Waals surface area (Å²) in [5.74, 6) is 0.384. The van der Waals surface area contributed by atoms with Crippen molar-refractivity contribution in [3.63, 3.8) is 0 Å². The Labute approximate surface area is 154 Å². The van der Waals surface area contributed by atoms with Gasteiger partial charge in [0.2, 0.25) is 0 Å². The molecule has 3 aromatic rings. The zero-order chi connectivity index (χ0) is 18.4. The number of nitrogens with one attached hydrogen (secondary N) is 2. The molecule has 1 aliphatic heterocycles. The summed E-state index contributed by atoms with van der Waals surface area (Å²) < 4.78 is 12.0. The molecule has 2 aliphatic rings. The van der Waals surface area contributed by atoms with Crippen LogP contribution in [0.3, 0.4) is 0 Å². The number of ether oxygens (including phenoxy) is 2. The first-order chi connectivity index (χ1) is 13.1. The number of nitrogens with zero attached hydrogens (tertiary/aromatic N) is 1. The van der Waals surface area contributed by atoms with Crippen LogP contribution in [-0.4, -0.2) is 21.9 Å². The van der Waals surface area contributed by atoms with Crippen molar-refractivity contribution in [1.82, 2.24) is 10.2 Å². The molecule has 0 unspecified atom stereocenters. The summed E-state index contributed by atoms with van der Waals surface area (Å²) in [6.45, 7) is 0. The van der Waals surface area contributed by atoms with Gasteiger partial charge in [0.05, 0.1) is 5.39 Å². The fourth-order valence-electron chi connectivity index (χ4n) is 3.77. The summed E-state index contributed by atoms with van der Waals surface area (Å²) in [5.41, 5.74) is 0.414. The van der Waals surface area contributed by atoms with Crippen molar-refractivity contribution >= 4 is 22.4 Å². The fraction of sp³-hybridized carbons (Fsp3) is 0.250. The summed E-state index contributed by atoms with van der Waals surface area (Å²) in [4.78, 5) is 24.6. The lowest BCUT2D eigenvalue weighted by Gasteiger charge is -2.21. The third-order valence-electron chi connectivity index (χ3n) is 5.07. The predicted octanol–water partition coefficient (Wildman–Crippen LogP) is 3.22. The maximum atomic E-state index is 12.7. The molecule has 1 saturated carbocycles. The van der Waals surface area contributed by atoms with E-state index in [1.165, 1.54) is 0 Å². The lowest BCUT2D eigenvalue weighted by molar-refractivity contribution is -0.0716. The normalized spacial score (nSPS) is 16.7. The average molecular weight is 363 g/mol. The topological polar surface area (TPSA) is 93.3 Å². The van der Waals surface area contributed by atoms with Crippen LogP contribution >= 0.6 is 0 Å². The molecule has 1 fully saturated rings. The molecule has 0 saturated heterocycles. The van der Waals surface area contributed by atoms with Crippen LogP contribution < -0.4 is 20.3 Å². The molecule has 2 heterocycles. The number of benzene rings is 2. The molecule has 5 rings (SSSR count). The fourth-order valence-corrected chi connectivity index (χ4v) is 3.77. The van der Waals surface area contributed by atoms with Crippen LogP contribution in [-0.2, 0) is 0 Å². The van der Waals surface area contributed by atoms with E-state index in [0.717, 1.165) is 25.7 Å². The Balaban J connectivity index is 1.43. The van der Waals surface area contributed by atoms with Gasteiger partial charge in [-0.25, -0.2) is 5.10 Å². The maximum absolute atomic E-state index is 12.7. The third kappa shape index (κ3) is 2.63. The van der Waals surface area contributed by atoms with Gasteiger partial charge in [0.1, 0.15) is 0 Å². The van der Waals surface area contributed by atoms with Gasteiger partial charge in [-0.3, -0.25) is 9.59 Å². The van der Waals surface area contributed by atoms with Crippen molar-refractivity contribution in [2.24, 2.45) is 0 Å². The van der Waals surface area contributed by atoms with E-state index in [1.807, 2.05) is 0 Å². The molecule has 0 bridgehead atoms. The number of carbonyl (C=O) groups is 1. The number of rotatable bonds is 2. The van der Waals surface area contributed by atoms with Crippen LogP contribution in [0.1, 0.15) is 36.2 Å². The first-order valence-corrected chi connectivity index (χ1v) is 8.94. The highest BCUT2D eigenvalue weighted by Crippen LogP contribution is 2.47. The van der Waals surface area contributed by atoms with Gasteiger partial charge in [0, 0.05) is 30.0 Å². The molecule has 27 heavy (non-hydrogen) atoms. The highest BCUT2D eigenvalue weighted by atomic mass is 16.7. The van der Waals surface area contributed by atoms with Gasteiger partial charge in [-0.15, -0.1) is 0 Å². The molecule has 2 aromatic carbocycles. The van der Waals surface area contributed by atoms with Crippen LogP contribution in [0.2, 0.25) is 0 Å². The van der Waals surface area contributed by atoms with Gasteiger partial charge in [0.15, 0.2) is 17.2 Å². The standard InChI is InChI=1S/C20H17N3O4/c24-18-14-6-2-1-5-13(14)17(22-23-18)19(25)21-12-7-8-15-16(11-12)27-20(26-15)9-3-4-10-20/h1-2,5-8,11H,3-4,9-10H2,(H,21,25)(H,23,24). The van der Waals surface area contributed by atoms with E-state index in [0.29, 0.717) is 28.0 Å². The number of H-pyrrole nitrogens is 1. The van der Waals surface area contributed by atoms with E-state index in [2.05, 4.69) is 15.5 Å². The number of aromatic nitrogens is 2. The lowest BCUT2D eigenvalue weighted by atomic mass is 10.1. The Kier molecular flexibility index (Phi) is 3.43. The van der Waals surface area contributed by atoms with Gasteiger partial charge in [-0.2, -0.15) is 5.10 Å². The average Bonchev–Trinajstić information content (AvgIpc) is 3.27. The molecule has 1 amide bonds. The summed E-state index contributed by atoms with van der Waals surface area (Å²) >= 11 is 0. The molecule has 7 heteroatoms. The number of anilines is 1. The second-order valence-corrected chi connectivity index (χ2v) is 6.88. The quantitative estimate of drug-likeness (QED) is 0.729. The minimum atomic E-state index is -0.540. The number of amides is 1. The monoisotopic (exact) mass is 363 g/mol. The van der Waals surface area contributed by atoms with Crippen molar-refractivity contribution in [3.05, 3.63) is 58.5 Å². The maximum Gasteiger partial charge on any atom is 0.276 e. The predicted molar refractivity (Wildman–Crippen MR) is 99.2 cm³/mol. The molecule has 7 nitrogen and oxygen atoms in total. The number of fused-ring (bicyclic) bond motifs is 2. The lowest BCUT2D eigenvalue weighted by Crippen LogP contribution is -2.34. The van der Waals surface area contributed by atoms with Gasteiger partial charge >= 0.3 is 0 Å². The van der Waals surface area contributed by atoms with Crippen molar-refractivity contribution in [3.8, 4) is 11.5 Å². The van der Waals surface area contributed by atoms with Crippen molar-refractivity contribution < 1.29 is 14.3 Å². The van der Waals surface area contributed by atoms with E-state index >= 15 is 0 Å². The molecule has 1 aliphatic carbocycles. The number of carbonyl (C=O) groups excluding carboxylic acids is 1. The largest absolute Gasteiger partial charge is 0.448 e.